The lowest BCUT2D eigenvalue weighted by molar-refractivity contribution is -0.137. The van der Waals surface area contributed by atoms with Gasteiger partial charge in [0.2, 0.25) is 5.91 Å². The van der Waals surface area contributed by atoms with Gasteiger partial charge in [0.25, 0.3) is 0 Å². The Morgan fingerprint density at radius 3 is 2.49 bits per heavy atom. The molecule has 1 saturated heterocycles. The van der Waals surface area contributed by atoms with Crippen LogP contribution in [0.25, 0.3) is 17.1 Å². The van der Waals surface area contributed by atoms with Gasteiger partial charge in [-0.3, -0.25) is 9.69 Å². The van der Waals surface area contributed by atoms with E-state index in [1.165, 1.54) is 34.9 Å². The molecule has 7 nitrogen and oxygen atoms in total. The van der Waals surface area contributed by atoms with Crippen LogP contribution in [0.4, 0.5) is 18.9 Å². The van der Waals surface area contributed by atoms with E-state index in [1.807, 2.05) is 37.3 Å². The van der Waals surface area contributed by atoms with E-state index < -0.39 is 11.7 Å². The summed E-state index contributed by atoms with van der Waals surface area (Å²) >= 11 is 6.87. The number of carbonyl (C=O) groups excluding carboxylic acids is 1. The quantitative estimate of drug-likeness (QED) is 0.225. The molecule has 1 aliphatic rings. The molecule has 0 spiro atoms. The molecular weight excluding hydrogens is 594 g/mol. The van der Waals surface area contributed by atoms with Crippen LogP contribution in [0.3, 0.4) is 0 Å². The predicted octanol–water partition coefficient (Wildman–Crippen LogP) is 6.94. The number of aromatic nitrogens is 3. The van der Waals surface area contributed by atoms with E-state index in [-0.39, 0.29) is 11.8 Å². The molecule has 4 aromatic rings. The Morgan fingerprint density at radius 1 is 1.09 bits per heavy atom. The van der Waals surface area contributed by atoms with Gasteiger partial charge in [0.15, 0.2) is 16.1 Å². The second-order valence-corrected chi connectivity index (χ2v) is 11.7. The van der Waals surface area contributed by atoms with Gasteiger partial charge in [-0.2, -0.15) is 18.2 Å². The molecule has 1 amide bonds. The number of benzene rings is 3. The summed E-state index contributed by atoms with van der Waals surface area (Å²) in [5.74, 6) is 1.01. The lowest BCUT2D eigenvalue weighted by Crippen LogP contribution is -2.32. The first-order chi connectivity index (χ1) is 20.5. The summed E-state index contributed by atoms with van der Waals surface area (Å²) in [7, 11) is 0. The van der Waals surface area contributed by atoms with Crippen LogP contribution in [0.1, 0.15) is 42.0 Å². The number of nitrogens with one attached hydrogen (secondary N) is 1. The Balaban J connectivity index is 1.19. The summed E-state index contributed by atoms with van der Waals surface area (Å²) in [6, 6.07) is 18.6. The minimum absolute atomic E-state index is 0.0159. The number of alkyl halides is 3. The molecule has 43 heavy (non-hydrogen) atoms. The molecule has 0 bridgehead atoms. The van der Waals surface area contributed by atoms with Gasteiger partial charge >= 0.3 is 6.18 Å². The molecule has 0 saturated carbocycles. The van der Waals surface area contributed by atoms with Crippen LogP contribution in [0.2, 0.25) is 0 Å². The van der Waals surface area contributed by atoms with Gasteiger partial charge < -0.3 is 5.32 Å². The lowest BCUT2D eigenvalue weighted by atomic mass is 9.99. The number of hydrogen-bond acceptors (Lipinski definition) is 5. The first-order valence-corrected chi connectivity index (χ1v) is 15.0. The molecule has 3 aromatic carbocycles. The second kappa shape index (κ2) is 12.7. The van der Waals surface area contributed by atoms with Gasteiger partial charge in [-0.1, -0.05) is 62.0 Å². The molecule has 1 N–H and O–H groups in total. The highest BCUT2D eigenvalue weighted by atomic mass is 32.2. The molecule has 1 fully saturated rings. The second-order valence-electron chi connectivity index (χ2n) is 10.4. The zero-order valence-corrected chi connectivity index (χ0v) is 25.4. The zero-order valence-electron chi connectivity index (χ0n) is 23.7. The van der Waals surface area contributed by atoms with Crippen molar-refractivity contribution in [2.45, 2.75) is 39.3 Å². The average Bonchev–Trinajstić information content (AvgIpc) is 3.60. The van der Waals surface area contributed by atoms with Gasteiger partial charge in [0, 0.05) is 12.1 Å². The van der Waals surface area contributed by atoms with Crippen LogP contribution in [0, 0.1) is 6.92 Å². The van der Waals surface area contributed by atoms with Crippen molar-refractivity contribution in [3.8, 4) is 17.1 Å². The van der Waals surface area contributed by atoms with E-state index in [1.54, 1.807) is 4.90 Å². The first kappa shape index (κ1) is 30.4. The number of amidine groups is 1. The van der Waals surface area contributed by atoms with E-state index in [0.717, 1.165) is 40.1 Å². The summed E-state index contributed by atoms with van der Waals surface area (Å²) < 4.78 is 40.0. The number of aliphatic imine (C=N–C) groups is 1. The van der Waals surface area contributed by atoms with E-state index in [9.17, 15) is 18.0 Å². The van der Waals surface area contributed by atoms with Crippen LogP contribution >= 0.6 is 24.0 Å². The minimum Gasteiger partial charge on any atom is -0.360 e. The highest BCUT2D eigenvalue weighted by Gasteiger charge is 2.32. The van der Waals surface area contributed by atoms with Gasteiger partial charge in [-0.25, -0.2) is 9.67 Å². The van der Waals surface area contributed by atoms with Crippen LogP contribution in [-0.2, 0) is 17.4 Å². The topological polar surface area (TPSA) is 75.4 Å². The number of anilines is 1. The number of halogens is 3. The SMILES string of the molecule is Cc1ccc(C(C)C)c(N2C(=O)CSC2=NC(=S)NCCc2ccc(-c3ncn(-c4ccc(C(F)(F)F)cc4)n3)cc2)c1. The van der Waals surface area contributed by atoms with Crippen molar-refractivity contribution in [2.24, 2.45) is 4.99 Å². The Morgan fingerprint density at radius 2 is 1.81 bits per heavy atom. The Kier molecular flexibility index (Phi) is 8.97. The van der Waals surface area contributed by atoms with E-state index in [4.69, 9.17) is 12.2 Å². The van der Waals surface area contributed by atoms with Gasteiger partial charge in [-0.05, 0) is 78.5 Å². The van der Waals surface area contributed by atoms with Crippen LogP contribution in [0.15, 0.2) is 78.0 Å². The third-order valence-electron chi connectivity index (χ3n) is 6.86. The Hall–Kier alpha value is -4.03. The van der Waals surface area contributed by atoms with Crippen molar-refractivity contribution in [1.82, 2.24) is 20.1 Å². The van der Waals surface area contributed by atoms with Crippen LogP contribution in [-0.4, -0.2) is 43.2 Å². The summed E-state index contributed by atoms with van der Waals surface area (Å²) in [4.78, 5) is 23.4. The maximum absolute atomic E-state index is 12.8. The molecule has 0 atom stereocenters. The van der Waals surface area contributed by atoms with Gasteiger partial charge in [0.1, 0.15) is 6.33 Å². The molecular formula is C31H29F3N6OS2. The molecule has 0 aliphatic carbocycles. The third-order valence-corrected chi connectivity index (χ3v) is 8.02. The van der Waals surface area contributed by atoms with Crippen LogP contribution < -0.4 is 10.2 Å². The fourth-order valence-corrected chi connectivity index (χ4v) is 5.71. The maximum Gasteiger partial charge on any atom is 0.416 e. The normalized spacial score (nSPS) is 14.6. The van der Waals surface area contributed by atoms with Crippen molar-refractivity contribution >= 4 is 45.9 Å². The Labute approximate surface area is 257 Å². The number of thiocarbonyl (C=S) groups is 1. The summed E-state index contributed by atoms with van der Waals surface area (Å²) in [5.41, 5.74) is 4.61. The summed E-state index contributed by atoms with van der Waals surface area (Å²) in [5, 5.41) is 8.47. The molecule has 222 valence electrons. The van der Waals surface area contributed by atoms with Crippen molar-refractivity contribution in [3.63, 3.8) is 0 Å². The molecule has 0 unspecified atom stereocenters. The smallest absolute Gasteiger partial charge is 0.360 e. The summed E-state index contributed by atoms with van der Waals surface area (Å²) in [6.07, 6.45) is -2.24. The fourth-order valence-electron chi connectivity index (χ4n) is 4.60. The third kappa shape index (κ3) is 7.14. The van der Waals surface area contributed by atoms with Gasteiger partial charge in [0.05, 0.1) is 22.7 Å². The Bertz CT molecular complexity index is 1660. The number of aryl methyl sites for hydroxylation is 1. The minimum atomic E-state index is -4.39. The monoisotopic (exact) mass is 622 g/mol. The van der Waals surface area contributed by atoms with Gasteiger partial charge in [-0.15, -0.1) is 5.10 Å². The molecule has 1 aromatic heterocycles. The molecule has 5 rings (SSSR count). The summed E-state index contributed by atoms with van der Waals surface area (Å²) in [6.45, 7) is 6.76. The van der Waals surface area contributed by atoms with Crippen LogP contribution in [0.5, 0.6) is 0 Å². The fraction of sp³-hybridized carbons (Fsp3) is 0.258. The highest BCUT2D eigenvalue weighted by Crippen LogP contribution is 2.34. The number of rotatable bonds is 7. The first-order valence-electron chi connectivity index (χ1n) is 13.6. The predicted molar refractivity (Wildman–Crippen MR) is 169 cm³/mol. The number of thioether (sulfide) groups is 1. The van der Waals surface area contributed by atoms with Crippen molar-refractivity contribution < 1.29 is 18.0 Å². The number of amides is 1. The number of nitrogens with zero attached hydrogens (tertiary/aromatic N) is 5. The zero-order chi connectivity index (χ0) is 30.7. The molecule has 12 heteroatoms. The molecule has 0 radical (unpaired) electrons. The highest BCUT2D eigenvalue weighted by molar-refractivity contribution is 8.15. The standard InChI is InChI=1S/C31H29F3N6OS2/c1-19(2)25-13-4-20(3)16-26(25)40-27(41)17-43-30(40)37-29(42)35-15-14-21-5-7-22(8-6-21)28-36-18-39(38-28)24-11-9-23(10-12-24)31(32,33)34/h4-13,16,18-19H,14-15,17H2,1-3H3,(H,35,42). The number of carbonyl (C=O) groups is 1. The molecule has 1 aliphatic heterocycles. The lowest BCUT2D eigenvalue weighted by Gasteiger charge is -2.22. The van der Waals surface area contributed by atoms with E-state index in [2.05, 4.69) is 46.4 Å². The van der Waals surface area contributed by atoms with Crippen molar-refractivity contribution in [2.75, 3.05) is 17.2 Å². The van der Waals surface area contributed by atoms with Crippen molar-refractivity contribution in [3.05, 3.63) is 95.3 Å². The van der Waals surface area contributed by atoms with E-state index in [0.29, 0.717) is 40.5 Å². The molecule has 2 heterocycles. The maximum atomic E-state index is 12.8. The largest absolute Gasteiger partial charge is 0.416 e. The van der Waals surface area contributed by atoms with E-state index >= 15 is 0 Å². The average molecular weight is 623 g/mol. The van der Waals surface area contributed by atoms with Crippen molar-refractivity contribution in [1.29, 1.82) is 0 Å². The number of hydrogen-bond donors (Lipinski definition) is 1.